The Kier molecular flexibility index (Phi) is 5.51. The van der Waals surface area contributed by atoms with Gasteiger partial charge in [-0.2, -0.15) is 8.42 Å². The number of ketones is 1. The molecule has 0 N–H and O–H groups in total. The minimum Gasteiger partial charge on any atom is -0.465 e. The number of nitrogens with zero attached hydrogens (tertiary/aromatic N) is 1. The van der Waals surface area contributed by atoms with Crippen LogP contribution in [0.25, 0.3) is 0 Å². The summed E-state index contributed by atoms with van der Waals surface area (Å²) >= 11 is 0. The van der Waals surface area contributed by atoms with Gasteiger partial charge in [-0.3, -0.25) is 9.78 Å². The van der Waals surface area contributed by atoms with Gasteiger partial charge in [-0.15, -0.1) is 0 Å². The van der Waals surface area contributed by atoms with Gasteiger partial charge in [0.05, 0.1) is 12.7 Å². The van der Waals surface area contributed by atoms with Crippen LogP contribution in [0.3, 0.4) is 0 Å². The summed E-state index contributed by atoms with van der Waals surface area (Å²) in [6.45, 7) is 0. The molecule has 0 aliphatic rings. The molecule has 0 bridgehead atoms. The van der Waals surface area contributed by atoms with Gasteiger partial charge in [-0.1, -0.05) is 30.3 Å². The number of hydrogen-bond donors (Lipinski definition) is 0. The van der Waals surface area contributed by atoms with Gasteiger partial charge >= 0.3 is 16.1 Å². The highest BCUT2D eigenvalue weighted by Gasteiger charge is 2.20. The molecule has 3 aromatic rings. The summed E-state index contributed by atoms with van der Waals surface area (Å²) in [5.41, 5.74) is 0.899. The molecule has 0 amide bonds. The number of benzene rings is 2. The lowest BCUT2D eigenvalue weighted by molar-refractivity contribution is 0.0600. The molecule has 1 aromatic heterocycles. The lowest BCUT2D eigenvalue weighted by Crippen LogP contribution is -2.12. The van der Waals surface area contributed by atoms with Gasteiger partial charge in [0.1, 0.15) is 10.6 Å². The molecule has 0 fully saturated rings. The van der Waals surface area contributed by atoms with Crippen LogP contribution in [0.5, 0.6) is 5.75 Å². The average molecular weight is 397 g/mol. The van der Waals surface area contributed by atoms with E-state index in [-0.39, 0.29) is 22.0 Å². The van der Waals surface area contributed by atoms with Crippen molar-refractivity contribution in [3.63, 3.8) is 0 Å². The predicted octanol–water partition coefficient (Wildman–Crippen LogP) is 2.87. The molecule has 0 unspecified atom stereocenters. The number of carbonyl (C=O) groups excluding carboxylic acids is 2. The van der Waals surface area contributed by atoms with E-state index in [9.17, 15) is 18.0 Å². The number of pyridine rings is 1. The maximum atomic E-state index is 12.4. The van der Waals surface area contributed by atoms with E-state index >= 15 is 0 Å². The Labute approximate surface area is 161 Å². The summed E-state index contributed by atoms with van der Waals surface area (Å²) in [4.78, 5) is 27.4. The van der Waals surface area contributed by atoms with E-state index in [1.54, 1.807) is 24.3 Å². The predicted molar refractivity (Wildman–Crippen MR) is 99.7 cm³/mol. The monoisotopic (exact) mass is 397 g/mol. The molecule has 28 heavy (non-hydrogen) atoms. The molecule has 7 nitrogen and oxygen atoms in total. The van der Waals surface area contributed by atoms with E-state index in [0.717, 1.165) is 12.3 Å². The highest BCUT2D eigenvalue weighted by Crippen LogP contribution is 2.21. The number of esters is 1. The number of rotatable bonds is 6. The van der Waals surface area contributed by atoms with Crippen molar-refractivity contribution >= 4 is 21.9 Å². The highest BCUT2D eigenvalue weighted by atomic mass is 32.2. The first-order valence-electron chi connectivity index (χ1n) is 8.08. The Morgan fingerprint density at radius 3 is 2.14 bits per heavy atom. The molecule has 0 saturated heterocycles. The van der Waals surface area contributed by atoms with Crippen LogP contribution in [-0.2, 0) is 14.9 Å². The molecule has 8 heteroatoms. The fourth-order valence-electron chi connectivity index (χ4n) is 2.38. The highest BCUT2D eigenvalue weighted by molar-refractivity contribution is 7.87. The zero-order chi connectivity index (χ0) is 20.1. The normalized spacial score (nSPS) is 10.9. The van der Waals surface area contributed by atoms with Crippen LogP contribution in [0, 0.1) is 0 Å². The second-order valence-corrected chi connectivity index (χ2v) is 7.20. The van der Waals surface area contributed by atoms with Gasteiger partial charge in [-0.25, -0.2) is 4.79 Å². The molecule has 0 radical (unpaired) electrons. The lowest BCUT2D eigenvalue weighted by Gasteiger charge is -2.08. The lowest BCUT2D eigenvalue weighted by atomic mass is 10.0. The first-order valence-corrected chi connectivity index (χ1v) is 9.49. The first-order chi connectivity index (χ1) is 13.4. The molecule has 0 spiro atoms. The van der Waals surface area contributed by atoms with E-state index < -0.39 is 16.1 Å². The van der Waals surface area contributed by atoms with Crippen molar-refractivity contribution in [3.05, 3.63) is 89.7 Å². The molecule has 142 valence electrons. The van der Waals surface area contributed by atoms with E-state index in [0.29, 0.717) is 11.1 Å². The molecule has 0 atom stereocenters. The number of carbonyl (C=O) groups is 2. The number of hydrogen-bond acceptors (Lipinski definition) is 7. The van der Waals surface area contributed by atoms with E-state index in [4.69, 9.17) is 4.18 Å². The minimum absolute atomic E-state index is 0.0176. The largest absolute Gasteiger partial charge is 0.465 e. The Bertz CT molecular complexity index is 1110. The van der Waals surface area contributed by atoms with Crippen molar-refractivity contribution in [1.82, 2.24) is 4.98 Å². The van der Waals surface area contributed by atoms with Crippen LogP contribution in [-0.4, -0.2) is 32.3 Å². The second kappa shape index (κ2) is 8.01. The third-order valence-electron chi connectivity index (χ3n) is 3.78. The summed E-state index contributed by atoms with van der Waals surface area (Å²) in [5.74, 6) is -0.883. The summed E-state index contributed by atoms with van der Waals surface area (Å²) in [7, 11) is -3.04. The van der Waals surface area contributed by atoms with E-state index in [1.807, 2.05) is 6.07 Å². The number of aromatic nitrogens is 1. The third kappa shape index (κ3) is 4.24. The molecular formula is C20H15NO6S. The first kappa shape index (κ1) is 19.2. The zero-order valence-electron chi connectivity index (χ0n) is 14.7. The maximum Gasteiger partial charge on any atom is 0.340 e. The van der Waals surface area contributed by atoms with Crippen LogP contribution in [0.1, 0.15) is 26.3 Å². The summed E-state index contributed by atoms with van der Waals surface area (Å²) in [5, 5.41) is 0. The SMILES string of the molecule is COC(=O)c1cncc(S(=O)(=O)Oc2ccc(C(=O)c3ccccc3)cc2)c1. The Hall–Kier alpha value is -3.52. The van der Waals surface area contributed by atoms with Gasteiger partial charge in [0.2, 0.25) is 0 Å². The molecule has 0 aliphatic heterocycles. The van der Waals surface area contributed by atoms with Gasteiger partial charge < -0.3 is 8.92 Å². The second-order valence-electron chi connectivity index (χ2n) is 5.66. The van der Waals surface area contributed by atoms with Crippen LogP contribution in [0.4, 0.5) is 0 Å². The Morgan fingerprint density at radius 1 is 0.857 bits per heavy atom. The molecular weight excluding hydrogens is 382 g/mol. The number of ether oxygens (including phenoxy) is 1. The summed E-state index contributed by atoms with van der Waals surface area (Å²) in [6.07, 6.45) is 2.25. The van der Waals surface area contributed by atoms with Crippen molar-refractivity contribution in [3.8, 4) is 5.75 Å². The summed E-state index contributed by atoms with van der Waals surface area (Å²) in [6, 6.07) is 15.5. The average Bonchev–Trinajstić information content (AvgIpc) is 2.73. The van der Waals surface area contributed by atoms with Crippen molar-refractivity contribution in [2.45, 2.75) is 4.90 Å². The minimum atomic E-state index is -4.22. The fourth-order valence-corrected chi connectivity index (χ4v) is 3.30. The van der Waals surface area contributed by atoms with Crippen molar-refractivity contribution in [1.29, 1.82) is 0 Å². The van der Waals surface area contributed by atoms with Crippen molar-refractivity contribution < 1.29 is 26.9 Å². The van der Waals surface area contributed by atoms with Gasteiger partial charge in [0, 0.05) is 23.5 Å². The quantitative estimate of drug-likeness (QED) is 0.358. The zero-order valence-corrected chi connectivity index (χ0v) is 15.5. The molecule has 2 aromatic carbocycles. The molecule has 0 saturated carbocycles. The molecule has 3 rings (SSSR count). The van der Waals surface area contributed by atoms with Crippen LogP contribution < -0.4 is 4.18 Å². The van der Waals surface area contributed by atoms with Crippen LogP contribution in [0.2, 0.25) is 0 Å². The van der Waals surface area contributed by atoms with Crippen molar-refractivity contribution in [2.75, 3.05) is 7.11 Å². The fraction of sp³-hybridized carbons (Fsp3) is 0.0500. The van der Waals surface area contributed by atoms with Gasteiger partial charge in [0.15, 0.2) is 5.78 Å². The third-order valence-corrected chi connectivity index (χ3v) is 4.99. The van der Waals surface area contributed by atoms with Crippen LogP contribution >= 0.6 is 0 Å². The van der Waals surface area contributed by atoms with E-state index in [2.05, 4.69) is 9.72 Å². The van der Waals surface area contributed by atoms with Gasteiger partial charge in [-0.05, 0) is 30.3 Å². The summed E-state index contributed by atoms with van der Waals surface area (Å²) < 4.78 is 34.5. The maximum absolute atomic E-state index is 12.4. The Balaban J connectivity index is 1.80. The van der Waals surface area contributed by atoms with Crippen molar-refractivity contribution in [2.24, 2.45) is 0 Å². The van der Waals surface area contributed by atoms with Gasteiger partial charge in [0.25, 0.3) is 0 Å². The van der Waals surface area contributed by atoms with Crippen LogP contribution in [0.15, 0.2) is 78.0 Å². The standard InChI is InChI=1S/C20H15NO6S/c1-26-20(23)16-11-18(13-21-12-16)28(24,25)27-17-9-7-15(8-10-17)19(22)14-5-3-2-4-6-14/h2-13H,1H3. The molecule has 1 heterocycles. The Morgan fingerprint density at radius 2 is 1.50 bits per heavy atom. The van der Waals surface area contributed by atoms with E-state index in [1.165, 1.54) is 37.6 Å². The topological polar surface area (TPSA) is 99.6 Å². The number of methoxy groups -OCH3 is 1. The molecule has 0 aliphatic carbocycles. The smallest absolute Gasteiger partial charge is 0.340 e.